The van der Waals surface area contributed by atoms with E-state index in [2.05, 4.69) is 31.4 Å². The first-order chi connectivity index (χ1) is 9.56. The number of aromatic nitrogens is 2. The Bertz CT molecular complexity index is 681. The highest BCUT2D eigenvalue weighted by molar-refractivity contribution is 9.10. The van der Waals surface area contributed by atoms with Crippen molar-refractivity contribution in [1.82, 2.24) is 10.2 Å². The molecule has 1 saturated carbocycles. The van der Waals surface area contributed by atoms with E-state index in [9.17, 15) is 4.79 Å². The largest absolute Gasteiger partial charge is 0.395 e. The minimum Gasteiger partial charge on any atom is -0.395 e. The number of anilines is 2. The molecular formula is C13H12BrClN4O. The molecule has 1 heterocycles. The lowest BCUT2D eigenvalue weighted by atomic mass is 10.2. The van der Waals surface area contributed by atoms with E-state index in [1.807, 2.05) is 0 Å². The van der Waals surface area contributed by atoms with Gasteiger partial charge in [-0.15, -0.1) is 0 Å². The van der Waals surface area contributed by atoms with Crippen LogP contribution in [0.5, 0.6) is 0 Å². The molecule has 0 unspecified atom stereocenters. The van der Waals surface area contributed by atoms with E-state index >= 15 is 0 Å². The van der Waals surface area contributed by atoms with Crippen molar-refractivity contribution in [1.29, 1.82) is 0 Å². The highest BCUT2D eigenvalue weighted by Crippen LogP contribution is 2.42. The molecule has 4 N–H and O–H groups in total. The number of H-pyrrole nitrogens is 1. The van der Waals surface area contributed by atoms with Crippen LogP contribution < -0.4 is 11.1 Å². The second-order valence-corrected chi connectivity index (χ2v) is 6.08. The minimum atomic E-state index is -0.366. The zero-order valence-electron chi connectivity index (χ0n) is 10.4. The molecule has 0 saturated heterocycles. The van der Waals surface area contributed by atoms with Crippen molar-refractivity contribution in [3.63, 3.8) is 0 Å². The Morgan fingerprint density at radius 3 is 2.90 bits per heavy atom. The van der Waals surface area contributed by atoms with Crippen LogP contribution in [-0.2, 0) is 0 Å². The van der Waals surface area contributed by atoms with Crippen molar-refractivity contribution in [2.75, 3.05) is 11.1 Å². The number of hydrogen-bond acceptors (Lipinski definition) is 3. The highest BCUT2D eigenvalue weighted by atomic mass is 79.9. The smallest absolute Gasteiger partial charge is 0.278 e. The first kappa shape index (κ1) is 13.5. The fourth-order valence-corrected chi connectivity index (χ4v) is 2.71. The van der Waals surface area contributed by atoms with Crippen LogP contribution in [0.25, 0.3) is 0 Å². The van der Waals surface area contributed by atoms with Crippen molar-refractivity contribution >= 4 is 44.8 Å². The Kier molecular flexibility index (Phi) is 3.43. The molecular weight excluding hydrogens is 344 g/mol. The molecule has 0 spiro atoms. The number of carbonyl (C=O) groups excluding carboxylic acids is 1. The second-order valence-electron chi connectivity index (χ2n) is 4.75. The monoisotopic (exact) mass is 354 g/mol. The molecule has 1 fully saturated rings. The third kappa shape index (κ3) is 2.53. The summed E-state index contributed by atoms with van der Waals surface area (Å²) >= 11 is 9.37. The molecule has 5 nitrogen and oxygen atoms in total. The number of nitrogen functional groups attached to an aromatic ring is 1. The van der Waals surface area contributed by atoms with Crippen LogP contribution in [0.4, 0.5) is 11.4 Å². The molecule has 1 aromatic heterocycles. The van der Waals surface area contributed by atoms with Gasteiger partial charge in [-0.1, -0.05) is 27.5 Å². The molecule has 2 aromatic rings. The number of benzene rings is 1. The van der Waals surface area contributed by atoms with E-state index in [1.54, 1.807) is 18.2 Å². The number of nitrogens with two attached hydrogens (primary N) is 1. The molecule has 1 aliphatic carbocycles. The number of halogens is 2. The third-order valence-corrected chi connectivity index (χ3v) is 4.02. The predicted molar refractivity (Wildman–Crippen MR) is 82.1 cm³/mol. The lowest BCUT2D eigenvalue weighted by molar-refractivity contribution is 0.102. The molecule has 0 radical (unpaired) electrons. The van der Waals surface area contributed by atoms with E-state index in [0.717, 1.165) is 23.0 Å². The zero-order chi connectivity index (χ0) is 14.3. The first-order valence-electron chi connectivity index (χ1n) is 6.16. The normalized spacial score (nSPS) is 14.3. The van der Waals surface area contributed by atoms with Gasteiger partial charge >= 0.3 is 0 Å². The Labute approximate surface area is 129 Å². The van der Waals surface area contributed by atoms with Crippen molar-refractivity contribution in [3.8, 4) is 0 Å². The number of nitrogens with one attached hydrogen (secondary N) is 2. The van der Waals surface area contributed by atoms with Gasteiger partial charge in [0.1, 0.15) is 0 Å². The SMILES string of the molecule is Nc1c(C(=O)Nc2ccc(Br)cc2Cl)n[nH]c1C1CC1. The summed E-state index contributed by atoms with van der Waals surface area (Å²) in [5.74, 6) is 0.0511. The number of nitrogens with zero attached hydrogens (tertiary/aromatic N) is 1. The van der Waals surface area contributed by atoms with Gasteiger partial charge in [0.15, 0.2) is 5.69 Å². The molecule has 1 amide bonds. The summed E-state index contributed by atoms with van der Waals surface area (Å²) in [4.78, 5) is 12.2. The van der Waals surface area contributed by atoms with Gasteiger partial charge in [-0.2, -0.15) is 5.10 Å². The number of carbonyl (C=O) groups is 1. The topological polar surface area (TPSA) is 83.8 Å². The predicted octanol–water partition coefficient (Wildman–Crippen LogP) is 3.54. The maximum atomic E-state index is 12.2. The fraction of sp³-hybridized carbons (Fsp3) is 0.231. The Morgan fingerprint density at radius 1 is 1.50 bits per heavy atom. The second kappa shape index (κ2) is 5.10. The first-order valence-corrected chi connectivity index (χ1v) is 7.33. The average Bonchev–Trinajstić information content (AvgIpc) is 3.16. The molecule has 1 aliphatic rings. The van der Waals surface area contributed by atoms with Crippen molar-refractivity contribution in [2.45, 2.75) is 18.8 Å². The molecule has 3 rings (SSSR count). The minimum absolute atomic E-state index is 0.214. The summed E-state index contributed by atoms with van der Waals surface area (Å²) in [6, 6.07) is 5.22. The molecule has 20 heavy (non-hydrogen) atoms. The fourth-order valence-electron chi connectivity index (χ4n) is 1.99. The van der Waals surface area contributed by atoms with Crippen molar-refractivity contribution in [3.05, 3.63) is 39.1 Å². The number of hydrogen-bond donors (Lipinski definition) is 3. The van der Waals surface area contributed by atoms with Gasteiger partial charge < -0.3 is 11.1 Å². The van der Waals surface area contributed by atoms with Gasteiger partial charge in [0, 0.05) is 10.4 Å². The standard InChI is InChI=1S/C13H12BrClN4O/c14-7-3-4-9(8(15)5-7)17-13(20)12-10(16)11(18-19-12)6-1-2-6/h3-6H,1-2,16H2,(H,17,20)(H,18,19). The highest BCUT2D eigenvalue weighted by Gasteiger charge is 2.30. The van der Waals surface area contributed by atoms with Gasteiger partial charge in [0.05, 0.1) is 22.1 Å². The van der Waals surface area contributed by atoms with E-state index in [1.165, 1.54) is 0 Å². The van der Waals surface area contributed by atoms with E-state index < -0.39 is 0 Å². The van der Waals surface area contributed by atoms with Crippen LogP contribution in [0, 0.1) is 0 Å². The lowest BCUT2D eigenvalue weighted by Gasteiger charge is -2.06. The quantitative estimate of drug-likeness (QED) is 0.787. The van der Waals surface area contributed by atoms with E-state index in [4.69, 9.17) is 17.3 Å². The molecule has 7 heteroatoms. The van der Waals surface area contributed by atoms with Crippen LogP contribution in [0.15, 0.2) is 22.7 Å². The molecule has 1 aromatic carbocycles. The van der Waals surface area contributed by atoms with Crippen LogP contribution in [0.1, 0.15) is 34.9 Å². The van der Waals surface area contributed by atoms with Crippen LogP contribution in [0.2, 0.25) is 5.02 Å². The molecule has 104 valence electrons. The summed E-state index contributed by atoms with van der Waals surface area (Å²) < 4.78 is 0.843. The third-order valence-electron chi connectivity index (χ3n) is 3.21. The van der Waals surface area contributed by atoms with Crippen molar-refractivity contribution in [2.24, 2.45) is 0 Å². The van der Waals surface area contributed by atoms with Crippen LogP contribution in [-0.4, -0.2) is 16.1 Å². The molecule has 0 bridgehead atoms. The number of aromatic amines is 1. The number of amides is 1. The lowest BCUT2D eigenvalue weighted by Crippen LogP contribution is -2.14. The number of rotatable bonds is 3. The maximum absolute atomic E-state index is 12.2. The molecule has 0 atom stereocenters. The van der Waals surface area contributed by atoms with Gasteiger partial charge in [0.25, 0.3) is 5.91 Å². The maximum Gasteiger partial charge on any atom is 0.278 e. The van der Waals surface area contributed by atoms with Crippen LogP contribution in [0.3, 0.4) is 0 Å². The summed E-state index contributed by atoms with van der Waals surface area (Å²) in [6.07, 6.45) is 2.18. The van der Waals surface area contributed by atoms with E-state index in [-0.39, 0.29) is 11.6 Å². The van der Waals surface area contributed by atoms with E-state index in [0.29, 0.717) is 22.3 Å². The van der Waals surface area contributed by atoms with Crippen molar-refractivity contribution < 1.29 is 4.79 Å². The summed E-state index contributed by atoms with van der Waals surface area (Å²) in [5.41, 5.74) is 7.99. The van der Waals surface area contributed by atoms with Crippen LogP contribution >= 0.6 is 27.5 Å². The summed E-state index contributed by atoms with van der Waals surface area (Å²) in [7, 11) is 0. The Balaban J connectivity index is 1.82. The Morgan fingerprint density at radius 2 is 2.25 bits per heavy atom. The van der Waals surface area contributed by atoms with Gasteiger partial charge in [-0.25, -0.2) is 0 Å². The summed E-state index contributed by atoms with van der Waals surface area (Å²) in [6.45, 7) is 0. The molecule has 0 aliphatic heterocycles. The van der Waals surface area contributed by atoms with Gasteiger partial charge in [0.2, 0.25) is 0 Å². The Hall–Kier alpha value is -1.53. The average molecular weight is 356 g/mol. The van der Waals surface area contributed by atoms with Gasteiger partial charge in [-0.05, 0) is 31.0 Å². The van der Waals surface area contributed by atoms with Gasteiger partial charge in [-0.3, -0.25) is 9.89 Å². The zero-order valence-corrected chi connectivity index (χ0v) is 12.8. The summed E-state index contributed by atoms with van der Waals surface area (Å²) in [5, 5.41) is 10.0.